The molecule has 0 spiro atoms. The maximum absolute atomic E-state index is 6.12. The fraction of sp³-hybridized carbons (Fsp3) is 1.00. The van der Waals surface area contributed by atoms with Crippen molar-refractivity contribution in [3.8, 4) is 0 Å². The first kappa shape index (κ1) is 12.3. The second-order valence-electron chi connectivity index (χ2n) is 5.92. The summed E-state index contributed by atoms with van der Waals surface area (Å²) in [6.07, 6.45) is 1.28. The van der Waals surface area contributed by atoms with E-state index in [1.807, 2.05) is 0 Å². The molecule has 2 heterocycles. The van der Waals surface area contributed by atoms with E-state index < -0.39 is 0 Å². The molecular weight excluding hydrogens is 202 g/mol. The molecule has 2 aliphatic heterocycles. The summed E-state index contributed by atoms with van der Waals surface area (Å²) >= 11 is 0. The maximum atomic E-state index is 6.12. The largest absolute Gasteiger partial charge is 0.379 e. The van der Waals surface area contributed by atoms with Gasteiger partial charge in [0.2, 0.25) is 0 Å². The number of rotatable bonds is 3. The van der Waals surface area contributed by atoms with Gasteiger partial charge in [-0.3, -0.25) is 0 Å². The molecule has 0 aromatic heterocycles. The number of hydrogen-bond donors (Lipinski definition) is 1. The van der Waals surface area contributed by atoms with Crippen LogP contribution in [0.25, 0.3) is 0 Å². The molecule has 2 rings (SSSR count). The lowest BCUT2D eigenvalue weighted by Crippen LogP contribution is -2.46. The topological polar surface area (TPSA) is 41.7 Å². The van der Waals surface area contributed by atoms with Crippen molar-refractivity contribution in [2.24, 2.45) is 11.1 Å². The van der Waals surface area contributed by atoms with Gasteiger partial charge in [0.1, 0.15) is 0 Å². The van der Waals surface area contributed by atoms with Crippen LogP contribution in [0.15, 0.2) is 0 Å². The molecule has 3 unspecified atom stereocenters. The van der Waals surface area contributed by atoms with Crippen LogP contribution >= 0.6 is 0 Å². The highest BCUT2D eigenvalue weighted by molar-refractivity contribution is 4.94. The van der Waals surface area contributed by atoms with Gasteiger partial charge in [0, 0.05) is 30.6 Å². The van der Waals surface area contributed by atoms with Crippen molar-refractivity contribution in [2.45, 2.75) is 25.4 Å². The Balaban J connectivity index is 1.87. The van der Waals surface area contributed by atoms with Crippen molar-refractivity contribution < 1.29 is 4.74 Å². The van der Waals surface area contributed by atoms with Crippen LogP contribution in [0.3, 0.4) is 0 Å². The van der Waals surface area contributed by atoms with Gasteiger partial charge in [-0.1, -0.05) is 6.92 Å². The zero-order valence-corrected chi connectivity index (χ0v) is 10.8. The van der Waals surface area contributed by atoms with Crippen LogP contribution in [0, 0.1) is 5.41 Å². The van der Waals surface area contributed by atoms with Gasteiger partial charge < -0.3 is 20.3 Å². The van der Waals surface area contributed by atoms with Gasteiger partial charge >= 0.3 is 0 Å². The first-order valence-electron chi connectivity index (χ1n) is 6.23. The summed E-state index contributed by atoms with van der Waals surface area (Å²) in [5, 5.41) is 0. The van der Waals surface area contributed by atoms with Crippen molar-refractivity contribution in [3.63, 3.8) is 0 Å². The fourth-order valence-electron chi connectivity index (χ4n) is 2.78. The van der Waals surface area contributed by atoms with Crippen LogP contribution in [0.2, 0.25) is 0 Å². The highest BCUT2D eigenvalue weighted by atomic mass is 16.5. The molecule has 4 heteroatoms. The van der Waals surface area contributed by atoms with Gasteiger partial charge in [0.25, 0.3) is 0 Å². The third-order valence-corrected chi connectivity index (χ3v) is 4.19. The Labute approximate surface area is 98.7 Å². The van der Waals surface area contributed by atoms with Gasteiger partial charge in [-0.2, -0.15) is 0 Å². The molecule has 0 saturated carbocycles. The first-order chi connectivity index (χ1) is 7.51. The quantitative estimate of drug-likeness (QED) is 0.736. The lowest BCUT2D eigenvalue weighted by atomic mass is 9.85. The van der Waals surface area contributed by atoms with E-state index in [1.165, 1.54) is 19.5 Å². The highest BCUT2D eigenvalue weighted by Gasteiger charge is 2.40. The molecule has 2 saturated heterocycles. The second kappa shape index (κ2) is 4.61. The molecule has 0 amide bonds. The normalized spacial score (nSPS) is 41.1. The van der Waals surface area contributed by atoms with Crippen LogP contribution in [-0.4, -0.2) is 68.8 Å². The van der Waals surface area contributed by atoms with E-state index in [4.69, 9.17) is 10.5 Å². The molecule has 3 atom stereocenters. The number of nitrogens with two attached hydrogens (primary N) is 1. The maximum Gasteiger partial charge on any atom is 0.0624 e. The van der Waals surface area contributed by atoms with E-state index >= 15 is 0 Å². The fourth-order valence-corrected chi connectivity index (χ4v) is 2.78. The molecule has 2 aliphatic rings. The lowest BCUT2D eigenvalue weighted by Gasteiger charge is -2.32. The smallest absolute Gasteiger partial charge is 0.0624 e. The molecule has 0 aromatic carbocycles. The third-order valence-electron chi connectivity index (χ3n) is 4.19. The van der Waals surface area contributed by atoms with Crippen LogP contribution in [0.1, 0.15) is 13.3 Å². The second-order valence-corrected chi connectivity index (χ2v) is 5.92. The molecular formula is C12H25N3O. The number of ether oxygens (including phenoxy) is 1. The SMILES string of the molecule is CN(C)C1CCN(CC2(C)COCC2N)C1. The predicted molar refractivity (Wildman–Crippen MR) is 65.4 cm³/mol. The molecule has 2 N–H and O–H groups in total. The number of likely N-dealkylation sites (tertiary alicyclic amines) is 1. The van der Waals surface area contributed by atoms with E-state index in [0.717, 1.165) is 19.8 Å². The van der Waals surface area contributed by atoms with Crippen molar-refractivity contribution >= 4 is 0 Å². The summed E-state index contributed by atoms with van der Waals surface area (Å²) in [5.74, 6) is 0. The standard InChI is InChI=1S/C12H25N3O/c1-12(9-16-7-11(12)13)8-15-5-4-10(6-15)14(2)3/h10-11H,4-9,13H2,1-3H3. The van der Waals surface area contributed by atoms with Crippen LogP contribution in [0.4, 0.5) is 0 Å². The van der Waals surface area contributed by atoms with E-state index in [1.54, 1.807) is 0 Å². The Kier molecular flexibility index (Phi) is 3.54. The van der Waals surface area contributed by atoms with Gasteiger partial charge in [0.15, 0.2) is 0 Å². The number of likely N-dealkylation sites (N-methyl/N-ethyl adjacent to an activating group) is 1. The van der Waals surface area contributed by atoms with Gasteiger partial charge in [-0.25, -0.2) is 0 Å². The highest BCUT2D eigenvalue weighted by Crippen LogP contribution is 2.29. The molecule has 16 heavy (non-hydrogen) atoms. The van der Waals surface area contributed by atoms with E-state index in [2.05, 4.69) is 30.8 Å². The third kappa shape index (κ3) is 2.40. The van der Waals surface area contributed by atoms with Crippen LogP contribution < -0.4 is 5.73 Å². The average Bonchev–Trinajstić information content (AvgIpc) is 2.76. The zero-order chi connectivity index (χ0) is 11.8. The molecule has 2 fully saturated rings. The first-order valence-corrected chi connectivity index (χ1v) is 6.23. The lowest BCUT2D eigenvalue weighted by molar-refractivity contribution is 0.126. The number of nitrogens with zero attached hydrogens (tertiary/aromatic N) is 2. The van der Waals surface area contributed by atoms with Crippen LogP contribution in [0.5, 0.6) is 0 Å². The Morgan fingerprint density at radius 2 is 2.25 bits per heavy atom. The molecule has 0 aromatic rings. The summed E-state index contributed by atoms with van der Waals surface area (Å²) in [6.45, 7) is 7.26. The Morgan fingerprint density at radius 3 is 2.75 bits per heavy atom. The average molecular weight is 227 g/mol. The van der Waals surface area contributed by atoms with E-state index in [-0.39, 0.29) is 11.5 Å². The molecule has 4 nitrogen and oxygen atoms in total. The van der Waals surface area contributed by atoms with Crippen molar-refractivity contribution in [1.82, 2.24) is 9.80 Å². The van der Waals surface area contributed by atoms with Crippen molar-refractivity contribution in [1.29, 1.82) is 0 Å². The van der Waals surface area contributed by atoms with Crippen LogP contribution in [-0.2, 0) is 4.74 Å². The minimum Gasteiger partial charge on any atom is -0.379 e. The van der Waals surface area contributed by atoms with Gasteiger partial charge in [-0.15, -0.1) is 0 Å². The summed E-state index contributed by atoms with van der Waals surface area (Å²) in [5.41, 5.74) is 6.28. The molecule has 0 radical (unpaired) electrons. The Bertz CT molecular complexity index is 246. The minimum atomic E-state index is 0.154. The number of hydrogen-bond acceptors (Lipinski definition) is 4. The summed E-state index contributed by atoms with van der Waals surface area (Å²) in [6, 6.07) is 0.910. The summed E-state index contributed by atoms with van der Waals surface area (Å²) in [4.78, 5) is 4.87. The van der Waals surface area contributed by atoms with Crippen molar-refractivity contribution in [3.05, 3.63) is 0 Å². The van der Waals surface area contributed by atoms with Gasteiger partial charge in [0.05, 0.1) is 13.2 Å². The van der Waals surface area contributed by atoms with E-state index in [9.17, 15) is 0 Å². The molecule has 0 aliphatic carbocycles. The predicted octanol–water partition coefficient (Wildman–Crippen LogP) is -0.0139. The molecule has 0 bridgehead atoms. The zero-order valence-electron chi connectivity index (χ0n) is 10.8. The Hall–Kier alpha value is -0.160. The Morgan fingerprint density at radius 1 is 1.50 bits per heavy atom. The molecule has 94 valence electrons. The van der Waals surface area contributed by atoms with E-state index in [0.29, 0.717) is 6.04 Å². The minimum absolute atomic E-state index is 0.154. The summed E-state index contributed by atoms with van der Waals surface area (Å²) in [7, 11) is 4.33. The monoisotopic (exact) mass is 227 g/mol. The summed E-state index contributed by atoms with van der Waals surface area (Å²) < 4.78 is 5.49. The van der Waals surface area contributed by atoms with Gasteiger partial charge in [-0.05, 0) is 27.1 Å². The van der Waals surface area contributed by atoms with Crippen molar-refractivity contribution in [2.75, 3.05) is 46.9 Å².